The predicted octanol–water partition coefficient (Wildman–Crippen LogP) is 2.90. The highest BCUT2D eigenvalue weighted by atomic mass is 32.2. The Hall–Kier alpha value is -2.03. The Morgan fingerprint density at radius 3 is 2.43 bits per heavy atom. The first kappa shape index (κ1) is 17.3. The topological polar surface area (TPSA) is 57.0 Å². The van der Waals surface area contributed by atoms with Crippen LogP contribution in [0.2, 0.25) is 0 Å². The summed E-state index contributed by atoms with van der Waals surface area (Å²) in [4.78, 5) is 12.4. The molecule has 1 aromatic carbocycles. The fourth-order valence-electron chi connectivity index (χ4n) is 2.17. The van der Waals surface area contributed by atoms with Crippen LogP contribution in [0.15, 0.2) is 22.1 Å². The van der Waals surface area contributed by atoms with Gasteiger partial charge in [0, 0.05) is 7.05 Å². The van der Waals surface area contributed by atoms with Crippen molar-refractivity contribution in [3.05, 3.63) is 33.6 Å². The Labute approximate surface area is 134 Å². The molecule has 0 saturated carbocycles. The minimum absolute atomic E-state index is 0.0478. The maximum Gasteiger partial charge on any atom is 0.416 e. The zero-order valence-corrected chi connectivity index (χ0v) is 13.7. The van der Waals surface area contributed by atoms with Crippen molar-refractivity contribution in [2.75, 3.05) is 13.4 Å². The van der Waals surface area contributed by atoms with Crippen LogP contribution in [0.4, 0.5) is 13.2 Å². The number of thioether (sulfide) groups is 1. The van der Waals surface area contributed by atoms with E-state index >= 15 is 0 Å². The summed E-state index contributed by atoms with van der Waals surface area (Å²) in [5.74, 6) is -0.0689. The lowest BCUT2D eigenvalue weighted by atomic mass is 10.0. The summed E-state index contributed by atoms with van der Waals surface area (Å²) in [7, 11) is 2.77. The Morgan fingerprint density at radius 1 is 1.26 bits per heavy atom. The summed E-state index contributed by atoms with van der Waals surface area (Å²) in [5, 5.41) is 8.20. The summed E-state index contributed by atoms with van der Waals surface area (Å²) in [6, 6.07) is 1.81. The van der Waals surface area contributed by atoms with Gasteiger partial charge in [0.05, 0.1) is 18.2 Å². The fourth-order valence-corrected chi connectivity index (χ4v) is 2.65. The van der Waals surface area contributed by atoms with Gasteiger partial charge in [0.15, 0.2) is 10.9 Å². The number of methoxy groups -OCH3 is 1. The SMILES string of the molecule is COc1cc(C(F)(F)F)cc(C)c1-c1nnc(SC)n(C)c1=O. The van der Waals surface area contributed by atoms with Crippen LogP contribution < -0.4 is 10.3 Å². The number of rotatable bonds is 3. The van der Waals surface area contributed by atoms with Crippen LogP contribution in [0.25, 0.3) is 11.3 Å². The van der Waals surface area contributed by atoms with Gasteiger partial charge >= 0.3 is 6.18 Å². The van der Waals surface area contributed by atoms with Crippen LogP contribution in [0.3, 0.4) is 0 Å². The van der Waals surface area contributed by atoms with Gasteiger partial charge < -0.3 is 4.74 Å². The second-order valence-electron chi connectivity index (χ2n) is 4.77. The van der Waals surface area contributed by atoms with Crippen molar-refractivity contribution >= 4 is 11.8 Å². The lowest BCUT2D eigenvalue weighted by Gasteiger charge is -2.15. The number of benzene rings is 1. The minimum Gasteiger partial charge on any atom is -0.496 e. The molecule has 0 aliphatic heterocycles. The lowest BCUT2D eigenvalue weighted by Crippen LogP contribution is -2.24. The number of ether oxygens (including phenoxy) is 1. The average Bonchev–Trinajstić information content (AvgIpc) is 2.49. The molecule has 1 heterocycles. The van der Waals surface area contributed by atoms with Crippen molar-refractivity contribution in [2.24, 2.45) is 7.05 Å². The number of nitrogens with zero attached hydrogens (tertiary/aromatic N) is 3. The average molecular weight is 345 g/mol. The Balaban J connectivity index is 2.75. The van der Waals surface area contributed by atoms with Gasteiger partial charge in [-0.2, -0.15) is 13.2 Å². The molecular formula is C14H14F3N3O2S. The maximum atomic E-state index is 12.9. The van der Waals surface area contributed by atoms with Crippen molar-refractivity contribution in [3.63, 3.8) is 0 Å². The van der Waals surface area contributed by atoms with Crippen LogP contribution in [0.5, 0.6) is 5.75 Å². The highest BCUT2D eigenvalue weighted by molar-refractivity contribution is 7.98. The first-order valence-corrected chi connectivity index (χ1v) is 7.67. The van der Waals surface area contributed by atoms with Gasteiger partial charge in [0.2, 0.25) is 0 Å². The van der Waals surface area contributed by atoms with Crippen LogP contribution in [0, 0.1) is 6.92 Å². The smallest absolute Gasteiger partial charge is 0.416 e. The monoisotopic (exact) mass is 345 g/mol. The molecule has 0 fully saturated rings. The van der Waals surface area contributed by atoms with Crippen molar-refractivity contribution in [3.8, 4) is 17.0 Å². The summed E-state index contributed by atoms with van der Waals surface area (Å²) in [6.45, 7) is 1.47. The maximum absolute atomic E-state index is 12.9. The summed E-state index contributed by atoms with van der Waals surface area (Å²) >= 11 is 1.24. The van der Waals surface area contributed by atoms with Gasteiger partial charge in [-0.25, -0.2) is 0 Å². The molecule has 0 aliphatic rings. The number of hydrogen-bond donors (Lipinski definition) is 0. The van der Waals surface area contributed by atoms with E-state index in [-0.39, 0.29) is 22.6 Å². The highest BCUT2D eigenvalue weighted by Gasteiger charge is 2.32. The van der Waals surface area contributed by atoms with E-state index in [0.717, 1.165) is 12.1 Å². The molecule has 9 heteroatoms. The normalized spacial score (nSPS) is 11.6. The molecular weight excluding hydrogens is 331 g/mol. The van der Waals surface area contributed by atoms with E-state index in [9.17, 15) is 18.0 Å². The van der Waals surface area contributed by atoms with Gasteiger partial charge in [-0.1, -0.05) is 11.8 Å². The summed E-state index contributed by atoms with van der Waals surface area (Å²) < 4.78 is 45.1. The summed E-state index contributed by atoms with van der Waals surface area (Å²) in [5.41, 5.74) is -0.902. The van der Waals surface area contributed by atoms with Crippen LogP contribution in [-0.2, 0) is 13.2 Å². The number of aromatic nitrogens is 3. The zero-order chi connectivity index (χ0) is 17.4. The molecule has 0 unspecified atom stereocenters. The number of aryl methyl sites for hydroxylation is 1. The third kappa shape index (κ3) is 3.19. The van der Waals surface area contributed by atoms with Crippen molar-refractivity contribution in [2.45, 2.75) is 18.3 Å². The van der Waals surface area contributed by atoms with E-state index in [1.807, 2.05) is 0 Å². The molecule has 0 amide bonds. The van der Waals surface area contributed by atoms with E-state index in [2.05, 4.69) is 10.2 Å². The third-order valence-corrected chi connectivity index (χ3v) is 4.02. The molecule has 0 atom stereocenters. The molecule has 2 aromatic rings. The van der Waals surface area contributed by atoms with E-state index < -0.39 is 17.3 Å². The standard InChI is InChI=1S/C14H14F3N3O2S/c1-7-5-8(14(15,16)17)6-9(22-3)10(7)11-12(21)20(2)13(23-4)19-18-11/h5-6H,1-4H3. The molecule has 0 saturated heterocycles. The Bertz CT molecular complexity index is 803. The number of alkyl halides is 3. The second kappa shape index (κ2) is 6.23. The zero-order valence-electron chi connectivity index (χ0n) is 12.9. The minimum atomic E-state index is -4.50. The molecule has 2 rings (SSSR count). The third-order valence-electron chi connectivity index (χ3n) is 3.30. The van der Waals surface area contributed by atoms with E-state index in [4.69, 9.17) is 4.74 Å². The van der Waals surface area contributed by atoms with Gasteiger partial charge in [0.1, 0.15) is 5.75 Å². The molecule has 0 radical (unpaired) electrons. The lowest BCUT2D eigenvalue weighted by molar-refractivity contribution is -0.137. The first-order valence-electron chi connectivity index (χ1n) is 6.44. The molecule has 124 valence electrons. The van der Waals surface area contributed by atoms with Crippen LogP contribution in [0.1, 0.15) is 11.1 Å². The van der Waals surface area contributed by atoms with E-state index in [1.165, 1.54) is 37.4 Å². The van der Waals surface area contributed by atoms with Gasteiger partial charge in [-0.05, 0) is 30.9 Å². The van der Waals surface area contributed by atoms with Gasteiger partial charge in [0.25, 0.3) is 5.56 Å². The fraction of sp³-hybridized carbons (Fsp3) is 0.357. The van der Waals surface area contributed by atoms with Crippen molar-refractivity contribution in [1.82, 2.24) is 14.8 Å². The molecule has 0 bridgehead atoms. The molecule has 0 N–H and O–H groups in total. The number of hydrogen-bond acceptors (Lipinski definition) is 5. The predicted molar refractivity (Wildman–Crippen MR) is 80.8 cm³/mol. The Morgan fingerprint density at radius 2 is 1.91 bits per heavy atom. The van der Waals surface area contributed by atoms with Crippen LogP contribution >= 0.6 is 11.8 Å². The quantitative estimate of drug-likeness (QED) is 0.801. The molecule has 0 aliphatic carbocycles. The molecule has 1 aromatic heterocycles. The van der Waals surface area contributed by atoms with E-state index in [1.54, 1.807) is 6.26 Å². The van der Waals surface area contributed by atoms with Gasteiger partial charge in [-0.15, -0.1) is 10.2 Å². The second-order valence-corrected chi connectivity index (χ2v) is 5.54. The highest BCUT2D eigenvalue weighted by Crippen LogP contribution is 2.38. The van der Waals surface area contributed by atoms with Crippen molar-refractivity contribution in [1.29, 1.82) is 0 Å². The Kier molecular flexibility index (Phi) is 4.69. The molecule has 23 heavy (non-hydrogen) atoms. The van der Waals surface area contributed by atoms with Crippen molar-refractivity contribution < 1.29 is 17.9 Å². The van der Waals surface area contributed by atoms with Crippen LogP contribution in [-0.4, -0.2) is 28.1 Å². The van der Waals surface area contributed by atoms with Gasteiger partial charge in [-0.3, -0.25) is 9.36 Å². The molecule has 5 nitrogen and oxygen atoms in total. The first-order chi connectivity index (χ1) is 10.7. The number of halogens is 3. The van der Waals surface area contributed by atoms with E-state index in [0.29, 0.717) is 5.16 Å². The molecule has 0 spiro atoms. The largest absolute Gasteiger partial charge is 0.496 e. The summed E-state index contributed by atoms with van der Waals surface area (Å²) in [6.07, 6.45) is -2.76.